The fraction of sp³-hybridized carbons (Fsp3) is 0.909. The highest BCUT2D eigenvalue weighted by Gasteiger charge is 2.20. The Morgan fingerprint density at radius 3 is 2.29 bits per heavy atom. The minimum absolute atomic E-state index is 0.00263. The highest BCUT2D eigenvalue weighted by atomic mass is 32.2. The second-order valence-electron chi connectivity index (χ2n) is 4.07. The Hall–Kier alpha value is -0.180. The number of carbonyl (C=O) groups is 1. The van der Waals surface area contributed by atoms with Crippen molar-refractivity contribution in [2.45, 2.75) is 39.4 Å². The lowest BCUT2D eigenvalue weighted by atomic mass is 10.1. The SMILES string of the molecule is COC(=O)C(C)C(C)SCCC(C)C. The van der Waals surface area contributed by atoms with Crippen molar-refractivity contribution in [2.24, 2.45) is 11.8 Å². The van der Waals surface area contributed by atoms with Crippen molar-refractivity contribution < 1.29 is 9.53 Å². The van der Waals surface area contributed by atoms with Gasteiger partial charge < -0.3 is 4.74 Å². The van der Waals surface area contributed by atoms with Gasteiger partial charge in [0.2, 0.25) is 0 Å². The molecule has 0 fully saturated rings. The summed E-state index contributed by atoms with van der Waals surface area (Å²) < 4.78 is 4.71. The molecule has 0 aliphatic rings. The molecule has 2 atom stereocenters. The zero-order valence-electron chi connectivity index (χ0n) is 9.87. The number of carbonyl (C=O) groups excluding carboxylic acids is 1. The van der Waals surface area contributed by atoms with E-state index >= 15 is 0 Å². The molecule has 0 aliphatic carbocycles. The second-order valence-corrected chi connectivity index (χ2v) is 5.56. The first kappa shape index (κ1) is 13.8. The second kappa shape index (κ2) is 7.16. The van der Waals surface area contributed by atoms with E-state index in [-0.39, 0.29) is 11.9 Å². The van der Waals surface area contributed by atoms with Crippen LogP contribution in [0.5, 0.6) is 0 Å². The van der Waals surface area contributed by atoms with E-state index in [1.54, 1.807) is 0 Å². The van der Waals surface area contributed by atoms with Crippen molar-refractivity contribution in [1.29, 1.82) is 0 Å². The largest absolute Gasteiger partial charge is 0.469 e. The number of methoxy groups -OCH3 is 1. The summed E-state index contributed by atoms with van der Waals surface area (Å²) in [4.78, 5) is 11.2. The Labute approximate surface area is 91.8 Å². The molecule has 0 spiro atoms. The average molecular weight is 218 g/mol. The molecular weight excluding hydrogens is 196 g/mol. The summed E-state index contributed by atoms with van der Waals surface area (Å²) in [6.07, 6.45) is 1.21. The van der Waals surface area contributed by atoms with E-state index in [0.717, 1.165) is 11.7 Å². The number of rotatable bonds is 6. The third kappa shape index (κ3) is 5.53. The third-order valence-corrected chi connectivity index (χ3v) is 3.76. The molecular formula is C11H22O2S. The lowest BCUT2D eigenvalue weighted by Crippen LogP contribution is -2.22. The van der Waals surface area contributed by atoms with Crippen molar-refractivity contribution in [3.63, 3.8) is 0 Å². The maximum atomic E-state index is 11.2. The standard InChI is InChI=1S/C11H22O2S/c1-8(2)6-7-14-10(4)9(3)11(12)13-5/h8-10H,6-7H2,1-5H3. The van der Waals surface area contributed by atoms with Gasteiger partial charge >= 0.3 is 5.97 Å². The molecule has 2 nitrogen and oxygen atoms in total. The average Bonchev–Trinajstić information content (AvgIpc) is 2.14. The van der Waals surface area contributed by atoms with Crippen LogP contribution in [0.15, 0.2) is 0 Å². The van der Waals surface area contributed by atoms with Gasteiger partial charge in [-0.25, -0.2) is 0 Å². The van der Waals surface area contributed by atoms with Crippen molar-refractivity contribution in [2.75, 3.05) is 12.9 Å². The highest BCUT2D eigenvalue weighted by Crippen LogP contribution is 2.22. The van der Waals surface area contributed by atoms with Crippen LogP contribution in [0.2, 0.25) is 0 Å². The Morgan fingerprint density at radius 2 is 1.86 bits per heavy atom. The van der Waals surface area contributed by atoms with Gasteiger partial charge in [0.15, 0.2) is 0 Å². The van der Waals surface area contributed by atoms with Crippen LogP contribution >= 0.6 is 11.8 Å². The maximum absolute atomic E-state index is 11.2. The number of hydrogen-bond acceptors (Lipinski definition) is 3. The number of esters is 1. The van der Waals surface area contributed by atoms with Crippen LogP contribution in [0.4, 0.5) is 0 Å². The van der Waals surface area contributed by atoms with Crippen LogP contribution in [-0.4, -0.2) is 24.1 Å². The summed E-state index contributed by atoms with van der Waals surface area (Å²) in [5, 5.41) is 0.348. The summed E-state index contributed by atoms with van der Waals surface area (Å²) in [5.41, 5.74) is 0. The van der Waals surface area contributed by atoms with Gasteiger partial charge in [0, 0.05) is 5.25 Å². The zero-order chi connectivity index (χ0) is 11.1. The summed E-state index contributed by atoms with van der Waals surface area (Å²) in [6.45, 7) is 8.45. The Balaban J connectivity index is 3.72. The first-order valence-electron chi connectivity index (χ1n) is 5.18. The molecule has 0 aromatic carbocycles. The molecule has 0 bridgehead atoms. The number of ether oxygens (including phenoxy) is 1. The van der Waals surface area contributed by atoms with Gasteiger partial charge in [-0.2, -0.15) is 11.8 Å². The minimum atomic E-state index is -0.102. The summed E-state index contributed by atoms with van der Waals surface area (Å²) >= 11 is 1.86. The minimum Gasteiger partial charge on any atom is -0.469 e. The van der Waals surface area contributed by atoms with Crippen LogP contribution < -0.4 is 0 Å². The maximum Gasteiger partial charge on any atom is 0.309 e. The van der Waals surface area contributed by atoms with Gasteiger partial charge in [-0.1, -0.05) is 27.7 Å². The fourth-order valence-corrected chi connectivity index (χ4v) is 2.39. The van der Waals surface area contributed by atoms with E-state index < -0.39 is 0 Å². The first-order chi connectivity index (χ1) is 6.49. The van der Waals surface area contributed by atoms with E-state index in [1.807, 2.05) is 18.7 Å². The molecule has 0 N–H and O–H groups in total. The molecule has 14 heavy (non-hydrogen) atoms. The highest BCUT2D eigenvalue weighted by molar-refractivity contribution is 7.99. The first-order valence-corrected chi connectivity index (χ1v) is 6.23. The van der Waals surface area contributed by atoms with Crippen LogP contribution in [0, 0.1) is 11.8 Å². The lowest BCUT2D eigenvalue weighted by molar-refractivity contribution is -0.144. The van der Waals surface area contributed by atoms with Gasteiger partial charge in [-0.05, 0) is 18.1 Å². The molecule has 3 heteroatoms. The molecule has 0 amide bonds. The molecule has 0 aliphatic heterocycles. The Morgan fingerprint density at radius 1 is 1.29 bits per heavy atom. The molecule has 2 unspecified atom stereocenters. The van der Waals surface area contributed by atoms with Gasteiger partial charge in [0.25, 0.3) is 0 Å². The summed E-state index contributed by atoms with van der Waals surface area (Å²) in [5.74, 6) is 1.76. The molecule has 0 saturated heterocycles. The molecule has 0 aromatic heterocycles. The Bertz CT molecular complexity index is 169. The molecule has 0 saturated carbocycles. The van der Waals surface area contributed by atoms with Gasteiger partial charge in [0.1, 0.15) is 0 Å². The molecule has 0 heterocycles. The Kier molecular flexibility index (Phi) is 7.06. The normalized spacial score (nSPS) is 15.3. The van der Waals surface area contributed by atoms with Crippen LogP contribution in [0.25, 0.3) is 0 Å². The van der Waals surface area contributed by atoms with Crippen molar-refractivity contribution in [3.8, 4) is 0 Å². The van der Waals surface area contributed by atoms with E-state index in [2.05, 4.69) is 20.8 Å². The van der Waals surface area contributed by atoms with Crippen LogP contribution in [0.3, 0.4) is 0 Å². The molecule has 0 radical (unpaired) electrons. The van der Waals surface area contributed by atoms with Crippen molar-refractivity contribution in [1.82, 2.24) is 0 Å². The predicted molar refractivity (Wildman–Crippen MR) is 62.6 cm³/mol. The van der Waals surface area contributed by atoms with E-state index in [4.69, 9.17) is 4.74 Å². The summed E-state index contributed by atoms with van der Waals surface area (Å²) in [7, 11) is 1.45. The predicted octanol–water partition coefficient (Wildman–Crippen LogP) is 2.96. The quantitative estimate of drug-likeness (QED) is 0.641. The third-order valence-electron chi connectivity index (χ3n) is 2.35. The zero-order valence-corrected chi connectivity index (χ0v) is 10.7. The van der Waals surface area contributed by atoms with Crippen molar-refractivity contribution in [3.05, 3.63) is 0 Å². The number of thioether (sulfide) groups is 1. The van der Waals surface area contributed by atoms with Gasteiger partial charge in [-0.3, -0.25) is 4.79 Å². The van der Waals surface area contributed by atoms with Crippen LogP contribution in [0.1, 0.15) is 34.1 Å². The molecule has 0 aromatic rings. The summed E-state index contributed by atoms with van der Waals surface area (Å²) in [6, 6.07) is 0. The van der Waals surface area contributed by atoms with Gasteiger partial charge in [0.05, 0.1) is 13.0 Å². The monoisotopic (exact) mass is 218 g/mol. The fourth-order valence-electron chi connectivity index (χ4n) is 1.01. The van der Waals surface area contributed by atoms with E-state index in [9.17, 15) is 4.79 Å². The lowest BCUT2D eigenvalue weighted by Gasteiger charge is -2.17. The molecule has 0 rings (SSSR count). The topological polar surface area (TPSA) is 26.3 Å². The van der Waals surface area contributed by atoms with Crippen molar-refractivity contribution >= 4 is 17.7 Å². The van der Waals surface area contributed by atoms with Crippen LogP contribution in [-0.2, 0) is 9.53 Å². The number of hydrogen-bond donors (Lipinski definition) is 0. The van der Waals surface area contributed by atoms with E-state index in [1.165, 1.54) is 13.5 Å². The molecule has 84 valence electrons. The smallest absolute Gasteiger partial charge is 0.309 e. The van der Waals surface area contributed by atoms with Gasteiger partial charge in [-0.15, -0.1) is 0 Å². The van der Waals surface area contributed by atoms with E-state index in [0.29, 0.717) is 5.25 Å².